The van der Waals surface area contributed by atoms with Crippen LogP contribution < -0.4 is 10.9 Å². The molecule has 1 saturated heterocycles. The standard InChI is InChI=1S/C5H13Cl2N4PS/c1-5(4-6)8-10(2)12(7,13)11(3)9-5/h8-9H,4H2,1-3H3. The van der Waals surface area contributed by atoms with Gasteiger partial charge in [-0.1, -0.05) is 0 Å². The van der Waals surface area contributed by atoms with Crippen molar-refractivity contribution < 1.29 is 0 Å². The van der Waals surface area contributed by atoms with Crippen LogP contribution in [-0.4, -0.2) is 35.2 Å². The summed E-state index contributed by atoms with van der Waals surface area (Å²) in [4.78, 5) is 0. The van der Waals surface area contributed by atoms with E-state index in [-0.39, 0.29) is 5.66 Å². The number of alkyl halides is 1. The average Bonchev–Trinajstić information content (AvgIpc) is 2.01. The van der Waals surface area contributed by atoms with Crippen molar-refractivity contribution in [3.05, 3.63) is 0 Å². The van der Waals surface area contributed by atoms with Crippen molar-refractivity contribution in [2.45, 2.75) is 12.6 Å². The lowest BCUT2D eigenvalue weighted by Gasteiger charge is -2.48. The summed E-state index contributed by atoms with van der Waals surface area (Å²) in [5.41, 5.74) is 3.69. The normalized spacial score (nSPS) is 43.8. The zero-order chi connectivity index (χ0) is 10.3. The van der Waals surface area contributed by atoms with Gasteiger partial charge in [0.15, 0.2) is 5.69 Å². The monoisotopic (exact) mass is 262 g/mol. The second kappa shape index (κ2) is 3.91. The fourth-order valence-corrected chi connectivity index (χ4v) is 2.81. The first-order valence-electron chi connectivity index (χ1n) is 3.71. The first kappa shape index (κ1) is 12.1. The maximum Gasteiger partial charge on any atom is 0.190 e. The van der Waals surface area contributed by atoms with Crippen molar-refractivity contribution in [3.63, 3.8) is 0 Å². The molecule has 2 N–H and O–H groups in total. The molecule has 0 unspecified atom stereocenters. The molecule has 8 heteroatoms. The molecule has 1 aliphatic rings. The molecule has 0 aliphatic carbocycles. The number of nitrogens with zero attached hydrogens (tertiary/aromatic N) is 2. The lowest BCUT2D eigenvalue weighted by atomic mass is 10.3. The highest BCUT2D eigenvalue weighted by Crippen LogP contribution is 2.56. The number of hydrazine groups is 2. The van der Waals surface area contributed by atoms with E-state index in [2.05, 4.69) is 10.9 Å². The van der Waals surface area contributed by atoms with E-state index >= 15 is 0 Å². The average molecular weight is 263 g/mol. The fourth-order valence-electron chi connectivity index (χ4n) is 1.12. The number of halogens is 2. The molecule has 0 amide bonds. The van der Waals surface area contributed by atoms with Crippen LogP contribution in [0.25, 0.3) is 0 Å². The second-order valence-electron chi connectivity index (χ2n) is 3.21. The summed E-state index contributed by atoms with van der Waals surface area (Å²) in [6.07, 6.45) is 0. The third kappa shape index (κ3) is 2.36. The molecule has 0 aromatic carbocycles. The Bertz CT molecular complexity index is 235. The minimum absolute atomic E-state index is 0.387. The highest BCUT2D eigenvalue weighted by molar-refractivity contribution is 8.24. The molecule has 1 rings (SSSR count). The highest BCUT2D eigenvalue weighted by Gasteiger charge is 2.39. The third-order valence-electron chi connectivity index (χ3n) is 1.82. The van der Waals surface area contributed by atoms with Crippen molar-refractivity contribution in [1.82, 2.24) is 20.4 Å². The Balaban J connectivity index is 2.85. The smallest absolute Gasteiger partial charge is 0.190 e. The van der Waals surface area contributed by atoms with Gasteiger partial charge >= 0.3 is 0 Å². The maximum absolute atomic E-state index is 6.17. The Morgan fingerprint density at radius 2 is 1.77 bits per heavy atom. The van der Waals surface area contributed by atoms with Crippen molar-refractivity contribution >= 4 is 40.3 Å². The van der Waals surface area contributed by atoms with Gasteiger partial charge in [0.2, 0.25) is 0 Å². The summed E-state index contributed by atoms with van der Waals surface area (Å²) in [5, 5.41) is 0. The second-order valence-corrected chi connectivity index (χ2v) is 9.17. The van der Waals surface area contributed by atoms with Gasteiger partial charge in [-0.2, -0.15) is 9.56 Å². The van der Waals surface area contributed by atoms with Crippen LogP contribution in [-0.2, 0) is 11.8 Å². The lowest BCUT2D eigenvalue weighted by molar-refractivity contribution is 0.110. The molecule has 4 nitrogen and oxygen atoms in total. The van der Waals surface area contributed by atoms with E-state index in [9.17, 15) is 0 Å². The quantitative estimate of drug-likeness (QED) is 0.550. The highest BCUT2D eigenvalue weighted by atomic mass is 35.7. The van der Waals surface area contributed by atoms with Crippen LogP contribution in [0.15, 0.2) is 0 Å². The van der Waals surface area contributed by atoms with Gasteiger partial charge in [-0.15, -0.1) is 11.6 Å². The van der Waals surface area contributed by atoms with E-state index in [1.807, 2.05) is 21.0 Å². The summed E-state index contributed by atoms with van der Waals surface area (Å²) in [6, 6.07) is 0. The molecule has 78 valence electrons. The van der Waals surface area contributed by atoms with Crippen molar-refractivity contribution in [1.29, 1.82) is 0 Å². The number of hydrogen-bond donors (Lipinski definition) is 2. The molecule has 13 heavy (non-hydrogen) atoms. The van der Waals surface area contributed by atoms with Gasteiger partial charge in [0.25, 0.3) is 0 Å². The molecule has 0 aromatic rings. The van der Waals surface area contributed by atoms with E-state index in [0.717, 1.165) is 0 Å². The summed E-state index contributed by atoms with van der Waals surface area (Å²) in [7, 11) is 3.66. The van der Waals surface area contributed by atoms with E-state index in [4.69, 9.17) is 34.6 Å². The summed E-state index contributed by atoms with van der Waals surface area (Å²) < 4.78 is 3.51. The molecule has 0 saturated carbocycles. The summed E-state index contributed by atoms with van der Waals surface area (Å²) in [6.45, 7) is 1.94. The summed E-state index contributed by atoms with van der Waals surface area (Å²) >= 11 is 17.2. The Labute approximate surface area is 93.4 Å². The molecule has 0 aromatic heterocycles. The van der Waals surface area contributed by atoms with Crippen LogP contribution in [0.4, 0.5) is 0 Å². The van der Waals surface area contributed by atoms with Gasteiger partial charge in [-0.05, 0) is 30.0 Å². The van der Waals surface area contributed by atoms with Gasteiger partial charge in [-0.3, -0.25) is 0 Å². The molecule has 1 fully saturated rings. The van der Waals surface area contributed by atoms with Crippen molar-refractivity contribution in [2.24, 2.45) is 0 Å². The molecule has 0 spiro atoms. The predicted octanol–water partition coefficient (Wildman–Crippen LogP) is 1.29. The van der Waals surface area contributed by atoms with Crippen LogP contribution in [0.5, 0.6) is 0 Å². The Kier molecular flexibility index (Phi) is 3.65. The van der Waals surface area contributed by atoms with Crippen LogP contribution in [0, 0.1) is 0 Å². The van der Waals surface area contributed by atoms with Crippen molar-refractivity contribution in [2.75, 3.05) is 20.0 Å². The van der Waals surface area contributed by atoms with E-state index < -0.39 is 5.69 Å². The van der Waals surface area contributed by atoms with Crippen LogP contribution in [0.2, 0.25) is 0 Å². The molecular weight excluding hydrogens is 250 g/mol. The minimum atomic E-state index is -2.17. The van der Waals surface area contributed by atoms with Crippen molar-refractivity contribution in [3.8, 4) is 0 Å². The van der Waals surface area contributed by atoms with E-state index in [1.165, 1.54) is 0 Å². The number of hydrogen-bond acceptors (Lipinski definition) is 3. The zero-order valence-electron chi connectivity index (χ0n) is 7.71. The van der Waals surface area contributed by atoms with Gasteiger partial charge in [-0.25, -0.2) is 10.9 Å². The first-order valence-corrected chi connectivity index (χ1v) is 7.86. The largest absolute Gasteiger partial charge is 0.227 e. The maximum atomic E-state index is 6.17. The third-order valence-corrected chi connectivity index (χ3v) is 6.87. The van der Waals surface area contributed by atoms with E-state index in [1.54, 1.807) is 9.56 Å². The number of rotatable bonds is 1. The SMILES string of the molecule is CN1NC(C)(CCl)NN(C)P1(=S)Cl. The van der Waals surface area contributed by atoms with Gasteiger partial charge < -0.3 is 0 Å². The van der Waals surface area contributed by atoms with Crippen LogP contribution in [0.3, 0.4) is 0 Å². The van der Waals surface area contributed by atoms with Gasteiger partial charge in [0.05, 0.1) is 5.88 Å². The lowest BCUT2D eigenvalue weighted by Crippen LogP contribution is -2.68. The predicted molar refractivity (Wildman–Crippen MR) is 61.1 cm³/mol. The molecule has 0 bridgehead atoms. The molecular formula is C5H13Cl2N4PS. The number of nitrogens with one attached hydrogen (secondary N) is 2. The fraction of sp³-hybridized carbons (Fsp3) is 1.00. The summed E-state index contributed by atoms with van der Waals surface area (Å²) in [5.74, 6) is 0.425. The zero-order valence-corrected chi connectivity index (χ0v) is 10.9. The Hall–Kier alpha value is 1.07. The van der Waals surface area contributed by atoms with E-state index in [0.29, 0.717) is 5.88 Å². The Morgan fingerprint density at radius 3 is 2.08 bits per heavy atom. The molecule has 0 radical (unpaired) electrons. The first-order chi connectivity index (χ1) is 5.82. The van der Waals surface area contributed by atoms with Crippen LogP contribution >= 0.6 is 28.5 Å². The van der Waals surface area contributed by atoms with Gasteiger partial charge in [0, 0.05) is 14.1 Å². The van der Waals surface area contributed by atoms with Gasteiger partial charge in [0.1, 0.15) is 5.66 Å². The molecule has 1 aliphatic heterocycles. The van der Waals surface area contributed by atoms with Crippen LogP contribution in [0.1, 0.15) is 6.92 Å². The topological polar surface area (TPSA) is 30.5 Å². The minimum Gasteiger partial charge on any atom is -0.227 e. The molecule has 1 heterocycles. The molecule has 0 atom stereocenters. The Morgan fingerprint density at radius 1 is 1.38 bits per heavy atom.